The summed E-state index contributed by atoms with van der Waals surface area (Å²) >= 11 is 0. The van der Waals surface area contributed by atoms with E-state index in [2.05, 4.69) is 15.3 Å². The zero-order chi connectivity index (χ0) is 23.5. The van der Waals surface area contributed by atoms with Gasteiger partial charge in [0.15, 0.2) is 0 Å². The first-order valence-corrected chi connectivity index (χ1v) is 11.0. The summed E-state index contributed by atoms with van der Waals surface area (Å²) in [5.74, 6) is 2.45. The summed E-state index contributed by atoms with van der Waals surface area (Å²) in [5.41, 5.74) is 3.05. The number of hydrogen-bond donors (Lipinski definition) is 2. The van der Waals surface area contributed by atoms with Crippen molar-refractivity contribution in [3.05, 3.63) is 96.1 Å². The molecule has 0 aliphatic carbocycles. The number of amides is 1. The van der Waals surface area contributed by atoms with Crippen LogP contribution in [0.2, 0.25) is 0 Å². The second-order valence-electron chi connectivity index (χ2n) is 7.73. The standard InChI is InChI=1S/C27H31N3O3/c1-20(6-4-8-26-28-18-19-29-26)30-27(31)9-5-7-25(21-10-14-23(32-2)15-11-21)22-12-16-24(33-3)17-13-22/h5,7,9-20H,4,6,8H2,1-3H3,(H,28,29)(H,30,31)/b9-5+/t20-/m1/s1. The van der Waals surface area contributed by atoms with Crippen LogP contribution in [-0.2, 0) is 11.2 Å². The smallest absolute Gasteiger partial charge is 0.244 e. The quantitative estimate of drug-likeness (QED) is 0.324. The number of hydrogen-bond acceptors (Lipinski definition) is 4. The molecule has 3 rings (SSSR count). The monoisotopic (exact) mass is 445 g/mol. The lowest BCUT2D eigenvalue weighted by atomic mass is 9.97. The Morgan fingerprint density at radius 3 is 2.15 bits per heavy atom. The normalized spacial score (nSPS) is 11.7. The number of ether oxygens (including phenoxy) is 2. The van der Waals surface area contributed by atoms with Crippen molar-refractivity contribution < 1.29 is 14.3 Å². The Bertz CT molecular complexity index is 1000. The van der Waals surface area contributed by atoms with E-state index in [1.807, 2.05) is 67.7 Å². The molecular formula is C27H31N3O3. The molecule has 0 saturated heterocycles. The average molecular weight is 446 g/mol. The number of methoxy groups -OCH3 is 2. The van der Waals surface area contributed by atoms with Gasteiger partial charge in [0.25, 0.3) is 0 Å². The van der Waals surface area contributed by atoms with Gasteiger partial charge in [0.1, 0.15) is 17.3 Å². The molecule has 0 fully saturated rings. The number of carbonyl (C=O) groups is 1. The Balaban J connectivity index is 1.65. The number of carbonyl (C=O) groups excluding carboxylic acids is 1. The molecule has 2 N–H and O–H groups in total. The first-order chi connectivity index (χ1) is 16.1. The van der Waals surface area contributed by atoms with Gasteiger partial charge in [-0.05, 0) is 60.7 Å². The van der Waals surface area contributed by atoms with Crippen LogP contribution in [0, 0.1) is 0 Å². The predicted octanol–water partition coefficient (Wildman–Crippen LogP) is 4.94. The molecule has 0 unspecified atom stereocenters. The van der Waals surface area contributed by atoms with Crippen molar-refractivity contribution in [3.63, 3.8) is 0 Å². The topological polar surface area (TPSA) is 76.2 Å². The minimum Gasteiger partial charge on any atom is -0.497 e. The summed E-state index contributed by atoms with van der Waals surface area (Å²) < 4.78 is 10.6. The van der Waals surface area contributed by atoms with E-state index in [0.29, 0.717) is 0 Å². The number of nitrogens with one attached hydrogen (secondary N) is 2. The molecule has 0 radical (unpaired) electrons. The molecule has 1 atom stereocenters. The largest absolute Gasteiger partial charge is 0.497 e. The molecule has 3 aromatic rings. The lowest BCUT2D eigenvalue weighted by molar-refractivity contribution is -0.117. The zero-order valence-electron chi connectivity index (χ0n) is 19.4. The SMILES string of the molecule is COc1ccc(C(=C/C=C/C(=O)N[C@H](C)CCCc2ncc[nH]2)c2ccc(OC)cc2)cc1. The Hall–Kier alpha value is -3.80. The second kappa shape index (κ2) is 12.3. The maximum Gasteiger partial charge on any atom is 0.244 e. The van der Waals surface area contributed by atoms with Crippen LogP contribution in [0.3, 0.4) is 0 Å². The van der Waals surface area contributed by atoms with Gasteiger partial charge in [-0.2, -0.15) is 0 Å². The third-order valence-electron chi connectivity index (χ3n) is 5.31. The van der Waals surface area contributed by atoms with Gasteiger partial charge in [-0.15, -0.1) is 0 Å². The third kappa shape index (κ3) is 7.38. The first-order valence-electron chi connectivity index (χ1n) is 11.0. The molecule has 0 spiro atoms. The Kier molecular flexibility index (Phi) is 8.88. The van der Waals surface area contributed by atoms with E-state index < -0.39 is 0 Å². The summed E-state index contributed by atoms with van der Waals surface area (Å²) in [4.78, 5) is 19.7. The number of nitrogens with zero attached hydrogens (tertiary/aromatic N) is 1. The van der Waals surface area contributed by atoms with Crippen LogP contribution in [0.4, 0.5) is 0 Å². The van der Waals surface area contributed by atoms with Crippen molar-refractivity contribution >= 4 is 11.5 Å². The highest BCUT2D eigenvalue weighted by molar-refractivity contribution is 5.89. The van der Waals surface area contributed by atoms with Gasteiger partial charge in [-0.3, -0.25) is 4.79 Å². The fourth-order valence-electron chi connectivity index (χ4n) is 3.51. The molecule has 0 aliphatic rings. The van der Waals surface area contributed by atoms with Crippen molar-refractivity contribution in [2.45, 2.75) is 32.2 Å². The van der Waals surface area contributed by atoms with Gasteiger partial charge in [0, 0.05) is 30.9 Å². The number of benzene rings is 2. The van der Waals surface area contributed by atoms with Gasteiger partial charge in [0.05, 0.1) is 14.2 Å². The molecule has 1 amide bonds. The Labute approximate surface area is 195 Å². The van der Waals surface area contributed by atoms with Gasteiger partial charge in [-0.1, -0.05) is 36.4 Å². The van der Waals surface area contributed by atoms with Gasteiger partial charge < -0.3 is 19.8 Å². The predicted molar refractivity (Wildman–Crippen MR) is 131 cm³/mol. The molecular weight excluding hydrogens is 414 g/mol. The van der Waals surface area contributed by atoms with E-state index in [9.17, 15) is 4.79 Å². The molecule has 172 valence electrons. The Morgan fingerprint density at radius 1 is 1.03 bits per heavy atom. The summed E-state index contributed by atoms with van der Waals surface area (Å²) in [7, 11) is 3.29. The number of aromatic nitrogens is 2. The summed E-state index contributed by atoms with van der Waals surface area (Å²) in [5, 5.41) is 3.02. The van der Waals surface area contributed by atoms with Crippen LogP contribution in [-0.4, -0.2) is 36.1 Å². The van der Waals surface area contributed by atoms with Crippen LogP contribution in [0.5, 0.6) is 11.5 Å². The number of aryl methyl sites for hydroxylation is 1. The lowest BCUT2D eigenvalue weighted by Gasteiger charge is -2.12. The van der Waals surface area contributed by atoms with E-state index in [1.165, 1.54) is 0 Å². The summed E-state index contributed by atoms with van der Waals surface area (Å²) in [6.45, 7) is 2.02. The maximum atomic E-state index is 12.4. The second-order valence-corrected chi connectivity index (χ2v) is 7.73. The molecule has 0 aliphatic heterocycles. The molecule has 0 bridgehead atoms. The minimum absolute atomic E-state index is 0.0868. The van der Waals surface area contributed by atoms with Gasteiger partial charge in [-0.25, -0.2) is 4.98 Å². The first kappa shape index (κ1) is 23.9. The highest BCUT2D eigenvalue weighted by Gasteiger charge is 2.07. The fraction of sp³-hybridized carbons (Fsp3) is 0.259. The van der Waals surface area contributed by atoms with Crippen molar-refractivity contribution in [2.75, 3.05) is 14.2 Å². The summed E-state index contributed by atoms with van der Waals surface area (Å²) in [6, 6.07) is 15.8. The van der Waals surface area contributed by atoms with Gasteiger partial charge >= 0.3 is 0 Å². The molecule has 1 aromatic heterocycles. The molecule has 6 nitrogen and oxygen atoms in total. The van der Waals surface area contributed by atoms with Crippen LogP contribution in [0.25, 0.3) is 5.57 Å². The number of aromatic amines is 1. The van der Waals surface area contributed by atoms with Crippen LogP contribution >= 0.6 is 0 Å². The molecule has 2 aromatic carbocycles. The number of allylic oxidation sites excluding steroid dienone is 2. The zero-order valence-corrected chi connectivity index (χ0v) is 19.4. The molecule has 1 heterocycles. The van der Waals surface area contributed by atoms with Crippen molar-refractivity contribution in [3.8, 4) is 11.5 Å². The van der Waals surface area contributed by atoms with E-state index in [1.54, 1.807) is 32.6 Å². The van der Waals surface area contributed by atoms with E-state index >= 15 is 0 Å². The third-order valence-corrected chi connectivity index (χ3v) is 5.31. The van der Waals surface area contributed by atoms with Crippen molar-refractivity contribution in [2.24, 2.45) is 0 Å². The highest BCUT2D eigenvalue weighted by atomic mass is 16.5. The van der Waals surface area contributed by atoms with E-state index in [4.69, 9.17) is 9.47 Å². The van der Waals surface area contributed by atoms with Crippen molar-refractivity contribution in [1.29, 1.82) is 0 Å². The summed E-state index contributed by atoms with van der Waals surface area (Å²) in [6.07, 6.45) is 11.6. The van der Waals surface area contributed by atoms with E-state index in [0.717, 1.165) is 53.3 Å². The van der Waals surface area contributed by atoms with E-state index in [-0.39, 0.29) is 11.9 Å². The van der Waals surface area contributed by atoms with Crippen LogP contribution in [0.1, 0.15) is 36.7 Å². The van der Waals surface area contributed by atoms with Crippen LogP contribution < -0.4 is 14.8 Å². The van der Waals surface area contributed by atoms with Gasteiger partial charge in [0.2, 0.25) is 5.91 Å². The Morgan fingerprint density at radius 2 is 1.64 bits per heavy atom. The number of H-pyrrole nitrogens is 1. The van der Waals surface area contributed by atoms with Crippen molar-refractivity contribution in [1.82, 2.24) is 15.3 Å². The molecule has 33 heavy (non-hydrogen) atoms. The highest BCUT2D eigenvalue weighted by Crippen LogP contribution is 2.27. The van der Waals surface area contributed by atoms with Crippen LogP contribution in [0.15, 0.2) is 79.2 Å². The lowest BCUT2D eigenvalue weighted by Crippen LogP contribution is -2.31. The molecule has 6 heteroatoms. The minimum atomic E-state index is -0.111. The maximum absolute atomic E-state index is 12.4. The number of rotatable bonds is 11. The number of imidazole rings is 1. The fourth-order valence-corrected chi connectivity index (χ4v) is 3.51. The average Bonchev–Trinajstić information content (AvgIpc) is 3.36. The molecule has 0 saturated carbocycles.